The average Bonchev–Trinajstić information content (AvgIpc) is 4.08. The topological polar surface area (TPSA) is 175 Å². The van der Waals surface area contributed by atoms with Crippen LogP contribution in [0.2, 0.25) is 0 Å². The number of hydrogen-bond donors (Lipinski definition) is 4. The second-order valence-corrected chi connectivity index (χ2v) is 15.7. The van der Waals surface area contributed by atoms with E-state index in [-0.39, 0.29) is 35.7 Å². The summed E-state index contributed by atoms with van der Waals surface area (Å²) in [6.07, 6.45) is 5.61. The van der Waals surface area contributed by atoms with Gasteiger partial charge in [0.25, 0.3) is 0 Å². The number of rotatable bonds is 11. The summed E-state index contributed by atoms with van der Waals surface area (Å²) >= 11 is 0. The molecule has 4 heterocycles. The van der Waals surface area contributed by atoms with Crippen LogP contribution in [-0.4, -0.2) is 93.1 Å². The fraction of sp³-hybridized carbons (Fsp3) is 0.409. The monoisotopic (exact) mass is 788 g/mol. The molecule has 0 radical (unpaired) electrons. The maximum atomic E-state index is 13.7. The van der Waals surface area contributed by atoms with E-state index < -0.39 is 24.3 Å². The fourth-order valence-corrected chi connectivity index (χ4v) is 8.30. The number of amides is 4. The molecule has 3 aromatic carbocycles. The Balaban J connectivity index is 1.09. The molecule has 5 aromatic rings. The molecule has 0 aliphatic carbocycles. The Hall–Kier alpha value is -6.18. The van der Waals surface area contributed by atoms with Crippen molar-refractivity contribution in [1.82, 2.24) is 40.4 Å². The standard InChI is InChI=1S/C44H52N8O6/c1-25(2)37(49-43(55)57-5)41(53)51-21-9-13-35(51)39-45-23-33(47-39)28-17-15-27(16-18-28)29-19-20-32(31-12-8-7-11-30(29)31)34-24-46-40(48-34)36-14-10-22-52(36)42(54)38(26(3)4)50-44(56)58-6/h7-8,11-12,15-20,23-26,35-38H,9-10,13-14,21-22H2,1-6H3,(H,45,47)(H,46,48)(H,49,55)(H,50,56). The van der Waals surface area contributed by atoms with E-state index in [1.165, 1.54) is 14.2 Å². The number of benzene rings is 3. The first-order valence-corrected chi connectivity index (χ1v) is 20.0. The minimum absolute atomic E-state index is 0.111. The van der Waals surface area contributed by atoms with Crippen LogP contribution in [0.25, 0.3) is 44.4 Å². The zero-order valence-electron chi connectivity index (χ0n) is 33.9. The van der Waals surface area contributed by atoms with Crippen LogP contribution in [0.4, 0.5) is 9.59 Å². The first-order valence-electron chi connectivity index (χ1n) is 20.0. The second kappa shape index (κ2) is 17.1. The average molecular weight is 789 g/mol. The Morgan fingerprint density at radius 2 is 1.09 bits per heavy atom. The van der Waals surface area contributed by atoms with Crippen molar-refractivity contribution in [3.63, 3.8) is 0 Å². The lowest BCUT2D eigenvalue weighted by Crippen LogP contribution is -2.51. The van der Waals surface area contributed by atoms with Gasteiger partial charge in [-0.15, -0.1) is 0 Å². The maximum absolute atomic E-state index is 13.7. The SMILES string of the molecule is COC(=O)NC(C(=O)N1CCCC1c1ncc(-c2ccc(-c3ccc(-c4cnc(C5CCCN5C(=O)C(NC(=O)OC)C(C)C)[nH]4)c4ccccc34)cc2)[nH]1)C(C)C. The van der Waals surface area contributed by atoms with Crippen LogP contribution >= 0.6 is 0 Å². The molecule has 7 rings (SSSR count). The summed E-state index contributed by atoms with van der Waals surface area (Å²) in [5.41, 5.74) is 5.83. The van der Waals surface area contributed by atoms with E-state index in [0.717, 1.165) is 81.7 Å². The molecule has 0 spiro atoms. The largest absolute Gasteiger partial charge is 0.453 e. The number of alkyl carbamates (subject to hydrolysis) is 2. The first kappa shape index (κ1) is 40.0. The number of ether oxygens (including phenoxy) is 2. The van der Waals surface area contributed by atoms with E-state index in [1.54, 1.807) is 0 Å². The lowest BCUT2D eigenvalue weighted by atomic mass is 9.93. The molecule has 14 nitrogen and oxygen atoms in total. The van der Waals surface area contributed by atoms with Gasteiger partial charge in [-0.2, -0.15) is 0 Å². The highest BCUT2D eigenvalue weighted by atomic mass is 16.5. The Kier molecular flexibility index (Phi) is 11.8. The van der Waals surface area contributed by atoms with Crippen LogP contribution in [0.5, 0.6) is 0 Å². The minimum atomic E-state index is -0.702. The highest BCUT2D eigenvalue weighted by Crippen LogP contribution is 2.38. The van der Waals surface area contributed by atoms with Gasteiger partial charge in [0, 0.05) is 18.7 Å². The van der Waals surface area contributed by atoms with Gasteiger partial charge in [-0.05, 0) is 65.0 Å². The van der Waals surface area contributed by atoms with Gasteiger partial charge in [-0.1, -0.05) is 88.4 Å². The summed E-state index contributed by atoms with van der Waals surface area (Å²) in [6, 6.07) is 19.0. The maximum Gasteiger partial charge on any atom is 0.407 e. The van der Waals surface area contributed by atoms with E-state index in [2.05, 4.69) is 69.1 Å². The van der Waals surface area contributed by atoms with Crippen molar-refractivity contribution in [3.05, 3.63) is 84.7 Å². The Bertz CT molecular complexity index is 2280. The summed E-state index contributed by atoms with van der Waals surface area (Å²) in [5, 5.41) is 7.57. The number of nitrogens with zero attached hydrogens (tertiary/aromatic N) is 4. The molecule has 304 valence electrons. The van der Waals surface area contributed by atoms with Crippen molar-refractivity contribution >= 4 is 34.8 Å². The molecule has 2 aromatic heterocycles. The van der Waals surface area contributed by atoms with Crippen LogP contribution in [0.15, 0.2) is 73.1 Å². The van der Waals surface area contributed by atoms with Crippen molar-refractivity contribution in [2.75, 3.05) is 27.3 Å². The number of imidazole rings is 2. The summed E-state index contributed by atoms with van der Waals surface area (Å²) in [5.74, 6) is 0.920. The fourth-order valence-electron chi connectivity index (χ4n) is 8.30. The summed E-state index contributed by atoms with van der Waals surface area (Å²) < 4.78 is 9.56. The molecule has 4 atom stereocenters. The van der Waals surface area contributed by atoms with Crippen molar-refractivity contribution in [2.24, 2.45) is 11.8 Å². The lowest BCUT2D eigenvalue weighted by Gasteiger charge is -2.30. The van der Waals surface area contributed by atoms with E-state index in [4.69, 9.17) is 19.4 Å². The van der Waals surface area contributed by atoms with E-state index >= 15 is 0 Å². The van der Waals surface area contributed by atoms with Gasteiger partial charge in [-0.25, -0.2) is 19.6 Å². The number of carbonyl (C=O) groups is 4. The Morgan fingerprint density at radius 1 is 0.638 bits per heavy atom. The molecule has 0 bridgehead atoms. The molecule has 4 amide bonds. The number of aromatic nitrogens is 4. The summed E-state index contributed by atoms with van der Waals surface area (Å²) in [4.78, 5) is 71.4. The number of fused-ring (bicyclic) bond motifs is 1. The highest BCUT2D eigenvalue weighted by molar-refractivity contribution is 6.04. The molecule has 2 aliphatic rings. The molecule has 0 saturated carbocycles. The quantitative estimate of drug-likeness (QED) is 0.107. The van der Waals surface area contributed by atoms with Gasteiger partial charge >= 0.3 is 12.2 Å². The van der Waals surface area contributed by atoms with Crippen molar-refractivity contribution in [1.29, 1.82) is 0 Å². The zero-order chi connectivity index (χ0) is 41.1. The third kappa shape index (κ3) is 8.00. The van der Waals surface area contributed by atoms with Gasteiger partial charge in [0.1, 0.15) is 23.7 Å². The van der Waals surface area contributed by atoms with Crippen LogP contribution in [0.1, 0.15) is 77.1 Å². The second-order valence-electron chi connectivity index (χ2n) is 15.7. The predicted molar refractivity (Wildman–Crippen MR) is 220 cm³/mol. The minimum Gasteiger partial charge on any atom is -0.453 e. The molecule has 2 fully saturated rings. The van der Waals surface area contributed by atoms with Crippen molar-refractivity contribution < 1.29 is 28.7 Å². The van der Waals surface area contributed by atoms with Crippen LogP contribution < -0.4 is 10.6 Å². The third-order valence-electron chi connectivity index (χ3n) is 11.4. The van der Waals surface area contributed by atoms with Gasteiger partial charge in [0.15, 0.2) is 0 Å². The number of likely N-dealkylation sites (tertiary alicyclic amines) is 2. The van der Waals surface area contributed by atoms with E-state index in [0.29, 0.717) is 13.1 Å². The normalized spacial score (nSPS) is 17.8. The Morgan fingerprint density at radius 3 is 1.59 bits per heavy atom. The van der Waals surface area contributed by atoms with Gasteiger partial charge < -0.3 is 39.9 Å². The molecule has 14 heteroatoms. The van der Waals surface area contributed by atoms with Gasteiger partial charge in [-0.3, -0.25) is 9.59 Å². The number of methoxy groups -OCH3 is 2. The summed E-state index contributed by atoms with van der Waals surface area (Å²) in [6.45, 7) is 8.78. The molecule has 2 saturated heterocycles. The number of H-pyrrole nitrogens is 2. The molecular formula is C44H52N8O6. The molecule has 4 unspecified atom stereocenters. The van der Waals surface area contributed by atoms with E-state index in [1.807, 2.05) is 62.0 Å². The lowest BCUT2D eigenvalue weighted by molar-refractivity contribution is -0.136. The first-order chi connectivity index (χ1) is 28.0. The van der Waals surface area contributed by atoms with Crippen molar-refractivity contribution in [2.45, 2.75) is 77.5 Å². The third-order valence-corrected chi connectivity index (χ3v) is 11.4. The molecular weight excluding hydrogens is 737 g/mol. The van der Waals surface area contributed by atoms with Crippen molar-refractivity contribution in [3.8, 4) is 33.6 Å². The number of carbonyl (C=O) groups excluding carboxylic acids is 4. The number of hydrogen-bond acceptors (Lipinski definition) is 8. The zero-order valence-corrected chi connectivity index (χ0v) is 33.9. The smallest absolute Gasteiger partial charge is 0.407 e. The highest BCUT2D eigenvalue weighted by Gasteiger charge is 2.39. The molecule has 2 aliphatic heterocycles. The van der Waals surface area contributed by atoms with Crippen LogP contribution in [0.3, 0.4) is 0 Å². The van der Waals surface area contributed by atoms with Crippen LogP contribution in [-0.2, 0) is 19.1 Å². The van der Waals surface area contributed by atoms with E-state index in [9.17, 15) is 19.2 Å². The summed E-state index contributed by atoms with van der Waals surface area (Å²) in [7, 11) is 2.58. The molecule has 58 heavy (non-hydrogen) atoms. The number of nitrogens with one attached hydrogen (secondary N) is 4. The molecule has 4 N–H and O–H groups in total. The van der Waals surface area contributed by atoms with Crippen LogP contribution in [0, 0.1) is 11.8 Å². The van der Waals surface area contributed by atoms with Gasteiger partial charge in [0.05, 0.1) is 50.1 Å². The van der Waals surface area contributed by atoms with Gasteiger partial charge in [0.2, 0.25) is 11.8 Å². The number of aromatic amines is 2. The predicted octanol–water partition coefficient (Wildman–Crippen LogP) is 7.38. The Labute approximate surface area is 338 Å².